The van der Waals surface area contributed by atoms with Gasteiger partial charge in [0.2, 0.25) is 0 Å². The van der Waals surface area contributed by atoms with Crippen LogP contribution in [0.15, 0.2) is 27.6 Å². The average molecular weight is 333 g/mol. The van der Waals surface area contributed by atoms with Crippen LogP contribution < -0.4 is 10.5 Å². The minimum Gasteiger partial charge on any atom is -0.398 e. The summed E-state index contributed by atoms with van der Waals surface area (Å²) >= 11 is 3.19. The number of benzene rings is 1. The number of hydrogen-bond donors (Lipinski definition) is 2. The number of aromatic nitrogens is 4. The molecule has 2 aromatic rings. The van der Waals surface area contributed by atoms with Crippen LogP contribution in [0.4, 0.5) is 11.6 Å². The summed E-state index contributed by atoms with van der Waals surface area (Å²) in [5.41, 5.74) is 5.95. The Kier molecular flexibility index (Phi) is 3.22. The van der Waals surface area contributed by atoms with Crippen molar-refractivity contribution in [3.63, 3.8) is 0 Å². The van der Waals surface area contributed by atoms with Crippen LogP contribution in [0.1, 0.15) is 0 Å². The number of nitrogens with zero attached hydrogens (tertiary/aromatic N) is 4. The SMILES string of the molecule is Cn1nnc(NS(=O)(=O)c2ccc(Br)c(N)c2)n1. The van der Waals surface area contributed by atoms with Crippen molar-refractivity contribution in [1.29, 1.82) is 0 Å². The van der Waals surface area contributed by atoms with E-state index < -0.39 is 10.0 Å². The van der Waals surface area contributed by atoms with E-state index in [1.54, 1.807) is 6.07 Å². The Morgan fingerprint density at radius 2 is 2.17 bits per heavy atom. The lowest BCUT2D eigenvalue weighted by Crippen LogP contribution is -2.14. The largest absolute Gasteiger partial charge is 0.398 e. The van der Waals surface area contributed by atoms with Crippen LogP contribution in [0.25, 0.3) is 0 Å². The fourth-order valence-corrected chi connectivity index (χ4v) is 2.41. The Morgan fingerprint density at radius 3 is 2.72 bits per heavy atom. The van der Waals surface area contributed by atoms with Crippen molar-refractivity contribution in [2.24, 2.45) is 7.05 Å². The summed E-state index contributed by atoms with van der Waals surface area (Å²) in [6.07, 6.45) is 0. The number of hydrogen-bond acceptors (Lipinski definition) is 6. The maximum atomic E-state index is 12.0. The average Bonchev–Trinajstić information content (AvgIpc) is 2.67. The van der Waals surface area contributed by atoms with Crippen LogP contribution in [-0.2, 0) is 17.1 Å². The first kappa shape index (κ1) is 12.8. The van der Waals surface area contributed by atoms with Gasteiger partial charge >= 0.3 is 0 Å². The fourth-order valence-electron chi connectivity index (χ4n) is 1.19. The fraction of sp³-hybridized carbons (Fsp3) is 0.125. The zero-order valence-corrected chi connectivity index (χ0v) is 11.6. The molecular formula is C8H9BrN6O2S. The molecule has 1 aromatic heterocycles. The van der Waals surface area contributed by atoms with E-state index in [0.29, 0.717) is 10.2 Å². The van der Waals surface area contributed by atoms with Crippen LogP contribution in [0, 0.1) is 0 Å². The highest BCUT2D eigenvalue weighted by atomic mass is 79.9. The van der Waals surface area contributed by atoms with E-state index in [-0.39, 0.29) is 10.8 Å². The predicted molar refractivity (Wildman–Crippen MR) is 68.2 cm³/mol. The van der Waals surface area contributed by atoms with Gasteiger partial charge in [0, 0.05) is 10.2 Å². The highest BCUT2D eigenvalue weighted by molar-refractivity contribution is 9.10. The van der Waals surface area contributed by atoms with Crippen LogP contribution >= 0.6 is 15.9 Å². The van der Waals surface area contributed by atoms with Gasteiger partial charge < -0.3 is 5.73 Å². The molecule has 1 aromatic carbocycles. The highest BCUT2D eigenvalue weighted by Gasteiger charge is 2.17. The van der Waals surface area contributed by atoms with E-state index in [0.717, 1.165) is 4.80 Å². The van der Waals surface area contributed by atoms with Crippen molar-refractivity contribution >= 4 is 37.6 Å². The van der Waals surface area contributed by atoms with E-state index in [9.17, 15) is 8.42 Å². The summed E-state index contributed by atoms with van der Waals surface area (Å²) in [4.78, 5) is 1.17. The quantitative estimate of drug-likeness (QED) is 0.783. The van der Waals surface area contributed by atoms with E-state index in [1.807, 2.05) is 0 Å². The maximum Gasteiger partial charge on any atom is 0.277 e. The number of aryl methyl sites for hydroxylation is 1. The molecule has 0 amide bonds. The molecule has 0 saturated heterocycles. The number of anilines is 2. The Hall–Kier alpha value is -1.68. The summed E-state index contributed by atoms with van der Waals surface area (Å²) in [6.45, 7) is 0. The van der Waals surface area contributed by atoms with Gasteiger partial charge in [-0.15, -0.1) is 5.10 Å². The van der Waals surface area contributed by atoms with Gasteiger partial charge in [0.1, 0.15) is 0 Å². The molecule has 0 spiro atoms. The first-order chi connectivity index (χ1) is 8.38. The normalized spacial score (nSPS) is 11.4. The van der Waals surface area contributed by atoms with Crippen molar-refractivity contribution in [2.45, 2.75) is 4.90 Å². The molecule has 0 radical (unpaired) electrons. The van der Waals surface area contributed by atoms with Crippen molar-refractivity contribution in [3.05, 3.63) is 22.7 Å². The van der Waals surface area contributed by atoms with Gasteiger partial charge in [-0.25, -0.2) is 13.1 Å². The smallest absolute Gasteiger partial charge is 0.277 e. The first-order valence-corrected chi connectivity index (χ1v) is 6.98. The Bertz CT molecular complexity index is 683. The maximum absolute atomic E-state index is 12.0. The number of halogens is 1. The molecule has 0 aliphatic rings. The molecule has 8 nitrogen and oxygen atoms in total. The number of sulfonamides is 1. The third-order valence-electron chi connectivity index (χ3n) is 2.01. The zero-order chi connectivity index (χ0) is 13.3. The first-order valence-electron chi connectivity index (χ1n) is 4.70. The van der Waals surface area contributed by atoms with Gasteiger partial charge in [0.25, 0.3) is 16.0 Å². The van der Waals surface area contributed by atoms with E-state index in [4.69, 9.17) is 5.73 Å². The van der Waals surface area contributed by atoms with E-state index in [1.165, 1.54) is 19.2 Å². The third kappa shape index (κ3) is 2.59. The van der Waals surface area contributed by atoms with E-state index in [2.05, 4.69) is 36.1 Å². The molecule has 0 aliphatic carbocycles. The third-order valence-corrected chi connectivity index (χ3v) is 4.06. The molecule has 0 aliphatic heterocycles. The highest BCUT2D eigenvalue weighted by Crippen LogP contribution is 2.23. The molecule has 10 heteroatoms. The number of nitrogens with one attached hydrogen (secondary N) is 1. The molecule has 0 bridgehead atoms. The molecule has 3 N–H and O–H groups in total. The molecule has 96 valence electrons. The molecule has 2 rings (SSSR count). The van der Waals surface area contributed by atoms with Crippen LogP contribution in [0.5, 0.6) is 0 Å². The topological polar surface area (TPSA) is 116 Å². The summed E-state index contributed by atoms with van der Waals surface area (Å²) in [7, 11) is -2.24. The Balaban J connectivity index is 2.33. The van der Waals surface area contributed by atoms with Gasteiger partial charge in [-0.2, -0.15) is 4.80 Å². The standard InChI is InChI=1S/C8H9BrN6O2S/c1-15-12-8(11-14-15)13-18(16,17)5-2-3-6(9)7(10)4-5/h2-4H,10H2,1H3,(H,12,13). The Morgan fingerprint density at radius 1 is 1.44 bits per heavy atom. The summed E-state index contributed by atoms with van der Waals surface area (Å²) in [5.74, 6) is -0.0982. The van der Waals surface area contributed by atoms with Crippen molar-refractivity contribution in [3.8, 4) is 0 Å². The van der Waals surface area contributed by atoms with Gasteiger partial charge in [-0.3, -0.25) is 0 Å². The van der Waals surface area contributed by atoms with Gasteiger partial charge in [0.15, 0.2) is 0 Å². The van der Waals surface area contributed by atoms with Crippen molar-refractivity contribution in [1.82, 2.24) is 20.2 Å². The molecule has 0 atom stereocenters. The van der Waals surface area contributed by atoms with Gasteiger partial charge in [0.05, 0.1) is 11.9 Å². The summed E-state index contributed by atoms with van der Waals surface area (Å²) < 4.78 is 26.8. The molecule has 0 fully saturated rings. The molecular weight excluding hydrogens is 324 g/mol. The number of rotatable bonds is 3. The lowest BCUT2D eigenvalue weighted by atomic mass is 10.3. The molecule has 1 heterocycles. The molecule has 0 unspecified atom stereocenters. The zero-order valence-electron chi connectivity index (χ0n) is 9.20. The number of tetrazole rings is 1. The summed E-state index contributed by atoms with van der Waals surface area (Å²) in [6, 6.07) is 4.30. The second-order valence-electron chi connectivity index (χ2n) is 3.39. The van der Waals surface area contributed by atoms with Crippen molar-refractivity contribution in [2.75, 3.05) is 10.5 Å². The van der Waals surface area contributed by atoms with Crippen LogP contribution in [0.2, 0.25) is 0 Å². The predicted octanol–water partition coefficient (Wildman–Crippen LogP) is 0.356. The van der Waals surface area contributed by atoms with Crippen LogP contribution in [-0.4, -0.2) is 28.6 Å². The second-order valence-corrected chi connectivity index (χ2v) is 5.93. The second kappa shape index (κ2) is 4.53. The number of nitrogens with two attached hydrogens (primary N) is 1. The minimum absolute atomic E-state index is 0.0238. The van der Waals surface area contributed by atoms with Gasteiger partial charge in [-0.05, 0) is 39.3 Å². The lowest BCUT2D eigenvalue weighted by Gasteiger charge is -2.05. The van der Waals surface area contributed by atoms with E-state index >= 15 is 0 Å². The van der Waals surface area contributed by atoms with Crippen molar-refractivity contribution < 1.29 is 8.42 Å². The summed E-state index contributed by atoms with van der Waals surface area (Å²) in [5, 5.41) is 10.8. The molecule has 0 saturated carbocycles. The minimum atomic E-state index is -3.77. The van der Waals surface area contributed by atoms with Gasteiger partial charge in [-0.1, -0.05) is 5.10 Å². The molecule has 18 heavy (non-hydrogen) atoms. The number of nitrogen functional groups attached to an aromatic ring is 1. The monoisotopic (exact) mass is 332 g/mol. The Labute approximate surface area is 111 Å². The van der Waals surface area contributed by atoms with Crippen LogP contribution in [0.3, 0.4) is 0 Å². The lowest BCUT2D eigenvalue weighted by molar-refractivity contribution is 0.600.